The summed E-state index contributed by atoms with van der Waals surface area (Å²) in [6.07, 6.45) is 2.84. The zero-order chi connectivity index (χ0) is 14.9. The summed E-state index contributed by atoms with van der Waals surface area (Å²) in [5.41, 5.74) is 1.20. The van der Waals surface area contributed by atoms with Gasteiger partial charge in [-0.1, -0.05) is 0 Å². The monoisotopic (exact) mass is 323 g/mol. The van der Waals surface area contributed by atoms with Crippen LogP contribution in [0, 0.1) is 11.3 Å². The first-order valence-corrected chi connectivity index (χ1v) is 7.50. The Morgan fingerprint density at radius 3 is 2.23 bits per heavy atom. The van der Waals surface area contributed by atoms with Crippen LogP contribution in [0.15, 0.2) is 24.3 Å². The molecule has 22 heavy (non-hydrogen) atoms. The highest BCUT2D eigenvalue weighted by molar-refractivity contribution is 5.96. The number of halogens is 1. The van der Waals surface area contributed by atoms with E-state index in [1.54, 1.807) is 0 Å². The van der Waals surface area contributed by atoms with E-state index in [4.69, 9.17) is 0 Å². The van der Waals surface area contributed by atoms with Gasteiger partial charge in [0.15, 0.2) is 0 Å². The lowest BCUT2D eigenvalue weighted by molar-refractivity contribution is -0.123. The topological polar surface area (TPSA) is 70.2 Å². The van der Waals surface area contributed by atoms with Gasteiger partial charge >= 0.3 is 0 Å². The van der Waals surface area contributed by atoms with Gasteiger partial charge in [-0.05, 0) is 57.0 Å². The van der Waals surface area contributed by atoms with Crippen LogP contribution in [-0.2, 0) is 9.59 Å². The normalized spacial score (nSPS) is 23.5. The summed E-state index contributed by atoms with van der Waals surface area (Å²) in [7, 11) is 0. The molecular weight excluding hydrogens is 302 g/mol. The molecule has 1 aliphatic carbocycles. The average Bonchev–Trinajstić information content (AvgIpc) is 3.23. The van der Waals surface area contributed by atoms with Crippen LogP contribution in [0.4, 0.5) is 11.4 Å². The van der Waals surface area contributed by atoms with E-state index in [9.17, 15) is 9.59 Å². The van der Waals surface area contributed by atoms with Gasteiger partial charge in [-0.25, -0.2) is 0 Å². The predicted octanol–water partition coefficient (Wildman–Crippen LogP) is 2.40. The van der Waals surface area contributed by atoms with Gasteiger partial charge in [0.05, 0.1) is 5.41 Å². The maximum Gasteiger partial charge on any atom is 0.231 e. The molecule has 2 fully saturated rings. The summed E-state index contributed by atoms with van der Waals surface area (Å²) in [5, 5.41) is 9.05. The third kappa shape index (κ3) is 3.78. The molecule has 3 N–H and O–H groups in total. The van der Waals surface area contributed by atoms with E-state index < -0.39 is 0 Å². The fourth-order valence-corrected chi connectivity index (χ4v) is 2.52. The van der Waals surface area contributed by atoms with Gasteiger partial charge in [0.25, 0.3) is 0 Å². The maximum atomic E-state index is 12.3. The zero-order valence-corrected chi connectivity index (χ0v) is 13.5. The molecule has 1 heterocycles. The SMILES string of the molecule is CC1(C(=O)Nc2ccc(NC(=O)C3CC3)cc2)CCNC1.Cl. The van der Waals surface area contributed by atoms with E-state index in [0.717, 1.165) is 37.2 Å². The number of anilines is 2. The van der Waals surface area contributed by atoms with Gasteiger partial charge in [0.2, 0.25) is 11.8 Å². The number of benzene rings is 1. The fraction of sp³-hybridized carbons (Fsp3) is 0.500. The van der Waals surface area contributed by atoms with Crippen LogP contribution in [0.25, 0.3) is 0 Å². The summed E-state index contributed by atoms with van der Waals surface area (Å²) in [5.74, 6) is 0.331. The molecule has 6 heteroatoms. The average molecular weight is 324 g/mol. The van der Waals surface area contributed by atoms with Crippen LogP contribution >= 0.6 is 12.4 Å². The molecule has 1 aromatic rings. The van der Waals surface area contributed by atoms with Crippen LogP contribution < -0.4 is 16.0 Å². The van der Waals surface area contributed by atoms with Crippen molar-refractivity contribution in [2.45, 2.75) is 26.2 Å². The first kappa shape index (κ1) is 16.8. The molecule has 0 radical (unpaired) electrons. The molecule has 1 aliphatic heterocycles. The largest absolute Gasteiger partial charge is 0.326 e. The van der Waals surface area contributed by atoms with Crippen molar-refractivity contribution in [3.8, 4) is 0 Å². The second-order valence-electron chi connectivity index (χ2n) is 6.28. The Labute approximate surface area is 136 Å². The number of hydrogen-bond acceptors (Lipinski definition) is 3. The summed E-state index contributed by atoms with van der Waals surface area (Å²) in [6.45, 7) is 3.58. The molecule has 3 rings (SSSR count). The van der Waals surface area contributed by atoms with Gasteiger partial charge in [0.1, 0.15) is 0 Å². The Kier molecular flexibility index (Phi) is 5.08. The van der Waals surface area contributed by atoms with Crippen molar-refractivity contribution in [3.63, 3.8) is 0 Å². The van der Waals surface area contributed by atoms with E-state index in [2.05, 4.69) is 16.0 Å². The summed E-state index contributed by atoms with van der Waals surface area (Å²) >= 11 is 0. The summed E-state index contributed by atoms with van der Waals surface area (Å²) in [6, 6.07) is 7.30. The highest BCUT2D eigenvalue weighted by Gasteiger charge is 2.36. The molecule has 120 valence electrons. The summed E-state index contributed by atoms with van der Waals surface area (Å²) < 4.78 is 0. The van der Waals surface area contributed by atoms with Crippen molar-refractivity contribution in [2.75, 3.05) is 23.7 Å². The Morgan fingerprint density at radius 2 is 1.73 bits per heavy atom. The standard InChI is InChI=1S/C16H21N3O2.ClH/c1-16(8-9-17-10-16)15(21)19-13-6-4-12(5-7-13)18-14(20)11-2-3-11;/h4-7,11,17H,2-3,8-10H2,1H3,(H,18,20)(H,19,21);1H. The van der Waals surface area contributed by atoms with Crippen LogP contribution in [0.5, 0.6) is 0 Å². The van der Waals surface area contributed by atoms with E-state index in [0.29, 0.717) is 6.54 Å². The Morgan fingerprint density at radius 1 is 1.14 bits per heavy atom. The molecule has 1 aromatic carbocycles. The molecule has 2 aliphatic rings. The van der Waals surface area contributed by atoms with Crippen LogP contribution in [0.3, 0.4) is 0 Å². The van der Waals surface area contributed by atoms with Gasteiger partial charge in [-0.3, -0.25) is 9.59 Å². The molecule has 1 saturated carbocycles. The maximum absolute atomic E-state index is 12.3. The molecule has 0 aromatic heterocycles. The van der Waals surface area contributed by atoms with Crippen LogP contribution in [0.1, 0.15) is 26.2 Å². The van der Waals surface area contributed by atoms with Crippen molar-refractivity contribution < 1.29 is 9.59 Å². The highest BCUT2D eigenvalue weighted by atomic mass is 35.5. The Hall–Kier alpha value is -1.59. The Bertz CT molecular complexity index is 549. The molecule has 2 amide bonds. The van der Waals surface area contributed by atoms with Gasteiger partial charge < -0.3 is 16.0 Å². The van der Waals surface area contributed by atoms with E-state index in [1.807, 2.05) is 31.2 Å². The molecule has 0 spiro atoms. The van der Waals surface area contributed by atoms with Crippen LogP contribution in [-0.4, -0.2) is 24.9 Å². The molecule has 0 bridgehead atoms. The smallest absolute Gasteiger partial charge is 0.231 e. The zero-order valence-electron chi connectivity index (χ0n) is 12.6. The van der Waals surface area contributed by atoms with Crippen molar-refractivity contribution in [1.82, 2.24) is 5.32 Å². The fourth-order valence-electron chi connectivity index (χ4n) is 2.52. The van der Waals surface area contributed by atoms with Crippen LogP contribution in [0.2, 0.25) is 0 Å². The third-order valence-electron chi connectivity index (χ3n) is 4.28. The third-order valence-corrected chi connectivity index (χ3v) is 4.28. The van der Waals surface area contributed by atoms with E-state index in [1.165, 1.54) is 0 Å². The number of amides is 2. The first-order valence-electron chi connectivity index (χ1n) is 7.50. The lowest BCUT2D eigenvalue weighted by atomic mass is 9.89. The second-order valence-corrected chi connectivity index (χ2v) is 6.28. The molecule has 1 atom stereocenters. The number of carbonyl (C=O) groups is 2. The number of carbonyl (C=O) groups excluding carboxylic acids is 2. The molecule has 5 nitrogen and oxygen atoms in total. The van der Waals surface area contributed by atoms with E-state index >= 15 is 0 Å². The molecular formula is C16H22ClN3O2. The quantitative estimate of drug-likeness (QED) is 0.797. The van der Waals surface area contributed by atoms with Crippen molar-refractivity contribution in [3.05, 3.63) is 24.3 Å². The van der Waals surface area contributed by atoms with Gasteiger partial charge in [0, 0.05) is 23.8 Å². The Balaban J connectivity index is 0.00000176. The number of rotatable bonds is 4. The van der Waals surface area contributed by atoms with Crippen molar-refractivity contribution in [1.29, 1.82) is 0 Å². The molecule has 1 saturated heterocycles. The predicted molar refractivity (Wildman–Crippen MR) is 89.3 cm³/mol. The second kappa shape index (κ2) is 6.67. The minimum absolute atomic E-state index is 0. The lowest BCUT2D eigenvalue weighted by Crippen LogP contribution is -2.35. The minimum Gasteiger partial charge on any atom is -0.326 e. The highest BCUT2D eigenvalue weighted by Crippen LogP contribution is 2.30. The first-order chi connectivity index (χ1) is 10.1. The van der Waals surface area contributed by atoms with Crippen molar-refractivity contribution in [2.24, 2.45) is 11.3 Å². The summed E-state index contributed by atoms with van der Waals surface area (Å²) in [4.78, 5) is 23.9. The number of nitrogens with one attached hydrogen (secondary N) is 3. The minimum atomic E-state index is -0.334. The molecule has 1 unspecified atom stereocenters. The lowest BCUT2D eigenvalue weighted by Gasteiger charge is -2.21. The van der Waals surface area contributed by atoms with Gasteiger partial charge in [-0.2, -0.15) is 0 Å². The van der Waals surface area contributed by atoms with Crippen molar-refractivity contribution >= 4 is 35.6 Å². The number of hydrogen-bond donors (Lipinski definition) is 3. The van der Waals surface area contributed by atoms with Gasteiger partial charge in [-0.15, -0.1) is 12.4 Å². The van der Waals surface area contributed by atoms with E-state index in [-0.39, 0.29) is 35.6 Å².